The largest absolute Gasteiger partial charge is 0.451 e. The van der Waals surface area contributed by atoms with E-state index in [1.54, 1.807) is 7.11 Å². The third-order valence-corrected chi connectivity index (χ3v) is 3.13. The smallest absolute Gasteiger partial charge is 0.368 e. The number of methoxy groups -OCH3 is 1. The number of carbonyl (C=O) groups is 1. The summed E-state index contributed by atoms with van der Waals surface area (Å²) in [6.07, 6.45) is 0.500. The van der Waals surface area contributed by atoms with Crippen LogP contribution in [0.1, 0.15) is 6.42 Å². The zero-order chi connectivity index (χ0) is 8.55. The lowest BCUT2D eigenvalue weighted by molar-refractivity contribution is -0.166. The van der Waals surface area contributed by atoms with Gasteiger partial charge in [-0.1, -0.05) is 0 Å². The Hall–Kier alpha value is -0.260. The van der Waals surface area contributed by atoms with Gasteiger partial charge in [0.2, 0.25) is 0 Å². The van der Waals surface area contributed by atoms with Gasteiger partial charge in [0.05, 0.1) is 11.9 Å². The van der Waals surface area contributed by atoms with Crippen LogP contribution in [0.15, 0.2) is 0 Å². The fraction of sp³-hybridized carbons (Fsp3) is 0.857. The monoisotopic (exact) mass is 190 g/mol. The van der Waals surface area contributed by atoms with Crippen molar-refractivity contribution >= 4 is 17.1 Å². The van der Waals surface area contributed by atoms with Gasteiger partial charge in [-0.15, -0.1) is 0 Å². The number of fused-ring (bicyclic) bond motifs is 1. The molecule has 0 aliphatic carbocycles. The lowest BCUT2D eigenvalue weighted by atomic mass is 10.1. The first-order valence-corrected chi connectivity index (χ1v) is 4.69. The van der Waals surface area contributed by atoms with Crippen LogP contribution in [0.25, 0.3) is 0 Å². The zero-order valence-corrected chi connectivity index (χ0v) is 7.50. The van der Waals surface area contributed by atoms with Crippen molar-refractivity contribution in [2.45, 2.75) is 24.1 Å². The summed E-state index contributed by atoms with van der Waals surface area (Å²) < 4.78 is 15.3. The predicted molar refractivity (Wildman–Crippen MR) is 43.0 cm³/mol. The summed E-state index contributed by atoms with van der Waals surface area (Å²) in [4.78, 5) is 10.8. The predicted octanol–water partition coefficient (Wildman–Crippen LogP) is 1.000. The second-order valence-corrected chi connectivity index (χ2v) is 3.97. The maximum atomic E-state index is 10.8. The number of hydrogen-bond donors (Lipinski definition) is 0. The molecule has 0 saturated carbocycles. The summed E-state index contributed by atoms with van der Waals surface area (Å²) in [6, 6.07) is 0. The standard InChI is InChI=1S/C7H10O4S/c1-9-6-2-5-4(3-10-6)11-7(8)12-5/h4-6H,2-3H2,1H3/t4-,5+,6-/m1/s1. The van der Waals surface area contributed by atoms with Gasteiger partial charge in [-0.3, -0.25) is 0 Å². The number of ether oxygens (including phenoxy) is 3. The average Bonchev–Trinajstić information content (AvgIpc) is 2.43. The first-order chi connectivity index (χ1) is 5.79. The van der Waals surface area contributed by atoms with Gasteiger partial charge in [-0.2, -0.15) is 0 Å². The molecule has 0 aromatic heterocycles. The van der Waals surface area contributed by atoms with Crippen molar-refractivity contribution in [2.24, 2.45) is 0 Å². The topological polar surface area (TPSA) is 44.8 Å². The zero-order valence-electron chi connectivity index (χ0n) is 6.69. The molecule has 2 aliphatic heterocycles. The summed E-state index contributed by atoms with van der Waals surface area (Å²) in [7, 11) is 1.60. The molecule has 68 valence electrons. The summed E-state index contributed by atoms with van der Waals surface area (Å²) >= 11 is 1.25. The Bertz CT molecular complexity index is 196. The number of hydrogen-bond acceptors (Lipinski definition) is 5. The fourth-order valence-corrected chi connectivity index (χ4v) is 2.36. The van der Waals surface area contributed by atoms with Crippen LogP contribution in [0.2, 0.25) is 0 Å². The molecule has 0 bridgehead atoms. The maximum Gasteiger partial charge on any atom is 0.368 e. The molecule has 2 aliphatic rings. The van der Waals surface area contributed by atoms with Gasteiger partial charge in [-0.05, 0) is 11.8 Å². The Kier molecular flexibility index (Phi) is 2.25. The molecule has 0 radical (unpaired) electrons. The van der Waals surface area contributed by atoms with Crippen molar-refractivity contribution in [1.82, 2.24) is 0 Å². The summed E-state index contributed by atoms with van der Waals surface area (Å²) in [5, 5.41) is 0.0292. The van der Waals surface area contributed by atoms with Crippen molar-refractivity contribution in [3.63, 3.8) is 0 Å². The van der Waals surface area contributed by atoms with Gasteiger partial charge < -0.3 is 14.2 Å². The maximum absolute atomic E-state index is 10.8. The highest BCUT2D eigenvalue weighted by atomic mass is 32.2. The molecule has 2 fully saturated rings. The van der Waals surface area contributed by atoms with Crippen LogP contribution in [0.5, 0.6) is 0 Å². The quantitative estimate of drug-likeness (QED) is 0.577. The minimum Gasteiger partial charge on any atom is -0.451 e. The van der Waals surface area contributed by atoms with Gasteiger partial charge >= 0.3 is 5.30 Å². The van der Waals surface area contributed by atoms with E-state index in [0.717, 1.165) is 6.42 Å². The van der Waals surface area contributed by atoms with Crippen LogP contribution < -0.4 is 0 Å². The SMILES string of the molecule is CO[C@H]1C[C@@H]2SC(=O)O[C@@H]2CO1. The molecule has 0 N–H and O–H groups in total. The molecule has 12 heavy (non-hydrogen) atoms. The van der Waals surface area contributed by atoms with Crippen molar-refractivity contribution in [3.8, 4) is 0 Å². The Morgan fingerprint density at radius 3 is 3.25 bits per heavy atom. The van der Waals surface area contributed by atoms with Crippen molar-refractivity contribution in [1.29, 1.82) is 0 Å². The van der Waals surface area contributed by atoms with Crippen LogP contribution in [0.4, 0.5) is 4.79 Å². The third-order valence-electron chi connectivity index (χ3n) is 2.04. The van der Waals surface area contributed by atoms with Crippen molar-refractivity contribution in [2.75, 3.05) is 13.7 Å². The van der Waals surface area contributed by atoms with E-state index in [4.69, 9.17) is 14.2 Å². The Balaban J connectivity index is 1.97. The molecule has 2 heterocycles. The molecule has 0 aromatic rings. The first kappa shape index (κ1) is 8.34. The van der Waals surface area contributed by atoms with Crippen LogP contribution in [0.3, 0.4) is 0 Å². The Morgan fingerprint density at radius 1 is 1.67 bits per heavy atom. The van der Waals surface area contributed by atoms with Gasteiger partial charge in [0.25, 0.3) is 0 Å². The molecule has 2 saturated heterocycles. The van der Waals surface area contributed by atoms with E-state index in [-0.39, 0.29) is 22.9 Å². The molecule has 0 aromatic carbocycles. The Labute approximate surface area is 74.5 Å². The van der Waals surface area contributed by atoms with Crippen LogP contribution in [-0.4, -0.2) is 36.7 Å². The van der Waals surface area contributed by atoms with Gasteiger partial charge in [0.1, 0.15) is 6.10 Å². The second kappa shape index (κ2) is 3.24. The van der Waals surface area contributed by atoms with Gasteiger partial charge in [0, 0.05) is 13.5 Å². The molecule has 0 unspecified atom stereocenters. The van der Waals surface area contributed by atoms with Gasteiger partial charge in [-0.25, -0.2) is 4.79 Å². The van der Waals surface area contributed by atoms with E-state index in [2.05, 4.69) is 0 Å². The molecular weight excluding hydrogens is 180 g/mol. The van der Waals surface area contributed by atoms with Gasteiger partial charge in [0.15, 0.2) is 6.29 Å². The van der Waals surface area contributed by atoms with E-state index < -0.39 is 0 Å². The minimum absolute atomic E-state index is 0.0612. The highest BCUT2D eigenvalue weighted by Crippen LogP contribution is 2.35. The fourth-order valence-electron chi connectivity index (χ4n) is 1.39. The molecule has 0 spiro atoms. The summed E-state index contributed by atoms with van der Waals surface area (Å²) in [5.41, 5.74) is 0. The van der Waals surface area contributed by atoms with Crippen LogP contribution in [-0.2, 0) is 14.2 Å². The third kappa shape index (κ3) is 1.44. The average molecular weight is 190 g/mol. The van der Waals surface area contributed by atoms with Crippen LogP contribution >= 0.6 is 11.8 Å². The van der Waals surface area contributed by atoms with Crippen LogP contribution in [0, 0.1) is 0 Å². The molecule has 2 rings (SSSR count). The molecular formula is C7H10O4S. The van der Waals surface area contributed by atoms with E-state index in [1.807, 2.05) is 0 Å². The number of rotatable bonds is 1. The van der Waals surface area contributed by atoms with Crippen molar-refractivity contribution in [3.05, 3.63) is 0 Å². The highest BCUT2D eigenvalue weighted by molar-refractivity contribution is 8.14. The normalized spacial score (nSPS) is 40.8. The Morgan fingerprint density at radius 2 is 2.50 bits per heavy atom. The van der Waals surface area contributed by atoms with Crippen molar-refractivity contribution < 1.29 is 19.0 Å². The molecule has 5 heteroatoms. The van der Waals surface area contributed by atoms with E-state index in [0.29, 0.717) is 6.61 Å². The lowest BCUT2D eigenvalue weighted by Gasteiger charge is -2.28. The molecule has 3 atom stereocenters. The number of carbonyl (C=O) groups excluding carboxylic acids is 1. The molecule has 0 amide bonds. The van der Waals surface area contributed by atoms with E-state index in [1.165, 1.54) is 11.8 Å². The van der Waals surface area contributed by atoms with E-state index in [9.17, 15) is 4.79 Å². The van der Waals surface area contributed by atoms with E-state index >= 15 is 0 Å². The summed E-state index contributed by atoms with van der Waals surface area (Å²) in [6.45, 7) is 0.460. The second-order valence-electron chi connectivity index (χ2n) is 2.80. The molecule has 4 nitrogen and oxygen atoms in total. The highest BCUT2D eigenvalue weighted by Gasteiger charge is 2.41. The first-order valence-electron chi connectivity index (χ1n) is 3.81. The number of thioether (sulfide) groups is 1. The summed E-state index contributed by atoms with van der Waals surface area (Å²) in [5.74, 6) is 0. The minimum atomic E-state index is -0.189. The lowest BCUT2D eigenvalue weighted by Crippen LogP contribution is -2.38.